The number of halogens is 4. The molecule has 7 heteroatoms. The van der Waals surface area contributed by atoms with Gasteiger partial charge in [-0.2, -0.15) is 0 Å². The molecule has 0 N–H and O–H groups in total. The van der Waals surface area contributed by atoms with Crippen LogP contribution in [-0.2, 0) is 10.9 Å². The molecule has 0 atom stereocenters. The summed E-state index contributed by atoms with van der Waals surface area (Å²) in [5.74, 6) is -3.25. The summed E-state index contributed by atoms with van der Waals surface area (Å²) in [4.78, 5) is 0. The Balaban J connectivity index is 2.72. The highest BCUT2D eigenvalue weighted by Crippen LogP contribution is 2.30. The van der Waals surface area contributed by atoms with Gasteiger partial charge in [0.1, 0.15) is 5.82 Å². The highest BCUT2D eigenvalue weighted by Gasteiger charge is 2.26. The molecule has 0 fully saturated rings. The van der Waals surface area contributed by atoms with E-state index in [1.165, 1.54) is 0 Å². The van der Waals surface area contributed by atoms with Crippen LogP contribution in [0.1, 0.15) is 26.6 Å². The molecular weight excluding hydrogens is 335 g/mol. The van der Waals surface area contributed by atoms with Gasteiger partial charge >= 0.3 is 0 Å². The maximum Gasteiger partial charge on any atom is 0.195 e. The summed E-state index contributed by atoms with van der Waals surface area (Å²) in [7, 11) is 0. The summed E-state index contributed by atoms with van der Waals surface area (Å²) in [5, 5.41) is 8.28. The maximum absolute atomic E-state index is 13.9. The molecule has 0 aliphatic carbocycles. The number of aromatic nitrogens is 3. The van der Waals surface area contributed by atoms with Crippen LogP contribution in [0.4, 0.5) is 13.2 Å². The Labute approximate surface area is 123 Å². The van der Waals surface area contributed by atoms with Crippen molar-refractivity contribution in [3.8, 4) is 11.4 Å². The van der Waals surface area contributed by atoms with Crippen LogP contribution in [0.15, 0.2) is 12.1 Å². The third-order valence-corrected chi connectivity index (χ3v) is 3.30. The van der Waals surface area contributed by atoms with Gasteiger partial charge < -0.3 is 4.57 Å². The van der Waals surface area contributed by atoms with Crippen LogP contribution < -0.4 is 0 Å². The molecule has 0 unspecified atom stereocenters. The lowest BCUT2D eigenvalue weighted by Gasteiger charge is -2.24. The van der Waals surface area contributed by atoms with Crippen molar-refractivity contribution in [1.29, 1.82) is 0 Å². The van der Waals surface area contributed by atoms with Gasteiger partial charge in [-0.15, -0.1) is 10.2 Å². The molecule has 1 aromatic heterocycles. The molecule has 0 radical (unpaired) electrons. The minimum atomic E-state index is -1.51. The first-order chi connectivity index (χ1) is 9.27. The summed E-state index contributed by atoms with van der Waals surface area (Å²) in [6.45, 7) is 5.68. The Hall–Kier alpha value is -1.37. The van der Waals surface area contributed by atoms with E-state index in [9.17, 15) is 13.2 Å². The van der Waals surface area contributed by atoms with E-state index in [0.717, 1.165) is 12.1 Å². The van der Waals surface area contributed by atoms with Crippen LogP contribution in [0.2, 0.25) is 0 Å². The second-order valence-electron chi connectivity index (χ2n) is 5.30. The van der Waals surface area contributed by atoms with Crippen molar-refractivity contribution in [2.75, 3.05) is 0 Å². The van der Waals surface area contributed by atoms with Crippen LogP contribution in [-0.4, -0.2) is 14.8 Å². The van der Waals surface area contributed by atoms with Crippen molar-refractivity contribution in [3.05, 3.63) is 35.4 Å². The number of alkyl halides is 1. The molecule has 1 aromatic carbocycles. The minimum absolute atomic E-state index is 0.112. The van der Waals surface area contributed by atoms with E-state index in [0.29, 0.717) is 11.2 Å². The third-order valence-electron chi connectivity index (χ3n) is 2.80. The largest absolute Gasteiger partial charge is 0.305 e. The molecule has 2 aromatic rings. The van der Waals surface area contributed by atoms with Crippen LogP contribution in [0.25, 0.3) is 11.4 Å². The molecule has 1 heterocycles. The standard InChI is InChI=1S/C13H13BrF3N3/c1-13(2,3)20-9(6-14)18-19-12(20)7-4-5-8(15)11(17)10(7)16/h4-5H,6H2,1-3H3. The Morgan fingerprint density at radius 3 is 2.30 bits per heavy atom. The van der Waals surface area contributed by atoms with Gasteiger partial charge in [0.2, 0.25) is 0 Å². The lowest BCUT2D eigenvalue weighted by Crippen LogP contribution is -2.25. The first-order valence-corrected chi connectivity index (χ1v) is 7.04. The molecule has 0 aliphatic rings. The molecule has 0 amide bonds. The number of hydrogen-bond donors (Lipinski definition) is 0. The van der Waals surface area contributed by atoms with Gasteiger partial charge in [-0.25, -0.2) is 13.2 Å². The smallest absolute Gasteiger partial charge is 0.195 e. The third kappa shape index (κ3) is 2.46. The minimum Gasteiger partial charge on any atom is -0.305 e. The average Bonchev–Trinajstić information content (AvgIpc) is 2.79. The topological polar surface area (TPSA) is 30.7 Å². The molecule has 0 aliphatic heterocycles. The van der Waals surface area contributed by atoms with E-state index in [4.69, 9.17) is 0 Å². The Bertz CT molecular complexity index is 647. The summed E-state index contributed by atoms with van der Waals surface area (Å²) >= 11 is 3.28. The van der Waals surface area contributed by atoms with Gasteiger partial charge in [-0.3, -0.25) is 0 Å². The predicted octanol–water partition coefficient (Wildman–Crippen LogP) is 4.01. The SMILES string of the molecule is CC(C)(C)n1c(CBr)nnc1-c1ccc(F)c(F)c1F. The van der Waals surface area contributed by atoms with Crippen molar-refractivity contribution >= 4 is 15.9 Å². The summed E-state index contributed by atoms with van der Waals surface area (Å²) < 4.78 is 42.0. The first-order valence-electron chi connectivity index (χ1n) is 5.92. The van der Waals surface area contributed by atoms with E-state index in [2.05, 4.69) is 26.1 Å². The average molecular weight is 348 g/mol. The normalized spacial score (nSPS) is 11.9. The van der Waals surface area contributed by atoms with Gasteiger partial charge in [-0.1, -0.05) is 15.9 Å². The number of nitrogens with zero attached hydrogens (tertiary/aromatic N) is 3. The summed E-state index contributed by atoms with van der Waals surface area (Å²) in [6.07, 6.45) is 0. The van der Waals surface area contributed by atoms with Gasteiger partial charge in [-0.05, 0) is 32.9 Å². The fourth-order valence-corrected chi connectivity index (χ4v) is 2.34. The van der Waals surface area contributed by atoms with E-state index in [-0.39, 0.29) is 11.4 Å². The lowest BCUT2D eigenvalue weighted by molar-refractivity contribution is 0.389. The van der Waals surface area contributed by atoms with Crippen molar-refractivity contribution < 1.29 is 13.2 Å². The van der Waals surface area contributed by atoms with Crippen LogP contribution >= 0.6 is 15.9 Å². The van der Waals surface area contributed by atoms with Crippen LogP contribution in [0.3, 0.4) is 0 Å². The Kier molecular flexibility index (Phi) is 3.90. The second-order valence-corrected chi connectivity index (χ2v) is 5.86. The van der Waals surface area contributed by atoms with E-state index >= 15 is 0 Å². The van der Waals surface area contributed by atoms with Crippen molar-refractivity contribution in [3.63, 3.8) is 0 Å². The highest BCUT2D eigenvalue weighted by atomic mass is 79.9. The number of hydrogen-bond acceptors (Lipinski definition) is 2. The maximum atomic E-state index is 13.9. The monoisotopic (exact) mass is 347 g/mol. The lowest BCUT2D eigenvalue weighted by atomic mass is 10.1. The van der Waals surface area contributed by atoms with E-state index in [1.54, 1.807) is 4.57 Å². The molecule has 2 rings (SSSR count). The quantitative estimate of drug-likeness (QED) is 0.606. The van der Waals surface area contributed by atoms with E-state index in [1.807, 2.05) is 20.8 Å². The zero-order valence-corrected chi connectivity index (χ0v) is 12.8. The molecule has 3 nitrogen and oxygen atoms in total. The predicted molar refractivity (Wildman–Crippen MR) is 73.0 cm³/mol. The van der Waals surface area contributed by atoms with Crippen LogP contribution in [0, 0.1) is 17.5 Å². The van der Waals surface area contributed by atoms with Crippen molar-refractivity contribution in [1.82, 2.24) is 14.8 Å². The van der Waals surface area contributed by atoms with Gasteiger partial charge in [0.25, 0.3) is 0 Å². The van der Waals surface area contributed by atoms with Gasteiger partial charge in [0, 0.05) is 5.54 Å². The van der Waals surface area contributed by atoms with Gasteiger partial charge in [0.05, 0.1) is 10.9 Å². The van der Waals surface area contributed by atoms with Crippen LogP contribution in [0.5, 0.6) is 0 Å². The molecule has 20 heavy (non-hydrogen) atoms. The summed E-state index contributed by atoms with van der Waals surface area (Å²) in [6, 6.07) is 2.04. The Morgan fingerprint density at radius 2 is 1.75 bits per heavy atom. The molecule has 0 spiro atoms. The Morgan fingerprint density at radius 1 is 1.10 bits per heavy atom. The highest BCUT2D eigenvalue weighted by molar-refractivity contribution is 9.08. The molecule has 0 bridgehead atoms. The van der Waals surface area contributed by atoms with E-state index < -0.39 is 23.0 Å². The zero-order chi connectivity index (χ0) is 15.1. The first kappa shape index (κ1) is 15.0. The fraction of sp³-hybridized carbons (Fsp3) is 0.385. The van der Waals surface area contributed by atoms with Crippen molar-refractivity contribution in [2.45, 2.75) is 31.6 Å². The van der Waals surface area contributed by atoms with Crippen molar-refractivity contribution in [2.24, 2.45) is 0 Å². The summed E-state index contributed by atoms with van der Waals surface area (Å²) in [5.41, 5.74) is -0.544. The fourth-order valence-electron chi connectivity index (χ4n) is 1.98. The second kappa shape index (κ2) is 5.20. The zero-order valence-electron chi connectivity index (χ0n) is 11.2. The molecule has 0 saturated carbocycles. The molecule has 0 saturated heterocycles. The number of rotatable bonds is 2. The molecule has 108 valence electrons. The van der Waals surface area contributed by atoms with Gasteiger partial charge in [0.15, 0.2) is 23.3 Å². The number of benzene rings is 1. The molecular formula is C13H13BrF3N3.